The van der Waals surface area contributed by atoms with Gasteiger partial charge < -0.3 is 4.74 Å². The number of fused-ring (bicyclic) bond motifs is 1. The number of para-hydroxylation sites is 1. The summed E-state index contributed by atoms with van der Waals surface area (Å²) in [5.41, 5.74) is 1.43. The minimum absolute atomic E-state index is 0.0185. The van der Waals surface area contributed by atoms with Crippen molar-refractivity contribution in [3.05, 3.63) is 139 Å². The van der Waals surface area contributed by atoms with E-state index >= 15 is 0 Å². The monoisotopic (exact) mass is 521 g/mol. The largest absolute Gasteiger partial charge is 0.482 e. The summed E-state index contributed by atoms with van der Waals surface area (Å²) in [7, 11) is 0. The van der Waals surface area contributed by atoms with Crippen molar-refractivity contribution < 1.29 is 14.6 Å². The van der Waals surface area contributed by atoms with E-state index in [1.54, 1.807) is 30.3 Å². The van der Waals surface area contributed by atoms with E-state index < -0.39 is 9.85 Å². The van der Waals surface area contributed by atoms with Crippen molar-refractivity contribution in [2.75, 3.05) is 0 Å². The first-order valence-electron chi connectivity index (χ1n) is 11.7. The zero-order chi connectivity index (χ0) is 27.4. The Morgan fingerprint density at radius 3 is 2.31 bits per heavy atom. The Balaban J connectivity index is 1.47. The Morgan fingerprint density at radius 2 is 1.59 bits per heavy atom. The second kappa shape index (κ2) is 10.7. The van der Waals surface area contributed by atoms with E-state index in [9.17, 15) is 25.0 Å². The molecule has 0 aliphatic heterocycles. The van der Waals surface area contributed by atoms with E-state index in [0.29, 0.717) is 33.4 Å². The third-order valence-corrected chi connectivity index (χ3v) is 5.83. The summed E-state index contributed by atoms with van der Waals surface area (Å²) >= 11 is 0. The molecule has 0 bridgehead atoms. The van der Waals surface area contributed by atoms with Gasteiger partial charge in [0, 0.05) is 29.3 Å². The lowest BCUT2D eigenvalue weighted by Gasteiger charge is -2.10. The third kappa shape index (κ3) is 5.37. The minimum atomic E-state index is -0.582. The fourth-order valence-electron chi connectivity index (χ4n) is 3.88. The molecule has 5 rings (SSSR count). The molecule has 1 heterocycles. The van der Waals surface area contributed by atoms with Crippen molar-refractivity contribution in [1.29, 1.82) is 0 Å². The van der Waals surface area contributed by atoms with Crippen LogP contribution in [0.5, 0.6) is 5.75 Å². The highest BCUT2D eigenvalue weighted by Crippen LogP contribution is 2.29. The maximum Gasteiger partial charge on any atom is 0.311 e. The van der Waals surface area contributed by atoms with Crippen molar-refractivity contribution in [2.24, 2.45) is 5.10 Å². The molecular formula is C28H19N5O6. The summed E-state index contributed by atoms with van der Waals surface area (Å²) in [6.45, 7) is -0.0230. The Kier molecular flexibility index (Phi) is 6.86. The average Bonchev–Trinajstić information content (AvgIpc) is 2.96. The summed E-state index contributed by atoms with van der Waals surface area (Å²) < 4.78 is 6.79. The van der Waals surface area contributed by atoms with Gasteiger partial charge in [-0.3, -0.25) is 25.0 Å². The molecule has 0 amide bonds. The average molecular weight is 521 g/mol. The highest BCUT2D eigenvalue weighted by molar-refractivity contribution is 5.83. The van der Waals surface area contributed by atoms with Crippen LogP contribution in [-0.4, -0.2) is 25.7 Å². The van der Waals surface area contributed by atoms with Crippen LogP contribution in [0.2, 0.25) is 0 Å². The fourth-order valence-corrected chi connectivity index (χ4v) is 3.88. The van der Waals surface area contributed by atoms with Gasteiger partial charge >= 0.3 is 5.69 Å². The van der Waals surface area contributed by atoms with E-state index in [2.05, 4.69) is 10.1 Å². The van der Waals surface area contributed by atoms with Gasteiger partial charge in [-0.15, -0.1) is 0 Å². The van der Waals surface area contributed by atoms with Gasteiger partial charge in [-0.1, -0.05) is 42.5 Å². The fraction of sp³-hybridized carbons (Fsp3) is 0.0357. The number of benzene rings is 4. The molecule has 4 aromatic carbocycles. The molecule has 0 spiro atoms. The Bertz CT molecular complexity index is 1780. The number of nitrogens with zero attached hydrogens (tertiary/aromatic N) is 5. The van der Waals surface area contributed by atoms with Crippen LogP contribution in [0.15, 0.2) is 107 Å². The molecule has 39 heavy (non-hydrogen) atoms. The van der Waals surface area contributed by atoms with Crippen LogP contribution in [0.25, 0.3) is 22.3 Å². The molecule has 11 nitrogen and oxygen atoms in total. The Morgan fingerprint density at radius 1 is 0.872 bits per heavy atom. The molecule has 192 valence electrons. The predicted octanol–water partition coefficient (Wildman–Crippen LogP) is 5.34. The topological polar surface area (TPSA) is 143 Å². The molecule has 0 radical (unpaired) electrons. The van der Waals surface area contributed by atoms with Crippen LogP contribution in [0.1, 0.15) is 11.1 Å². The highest BCUT2D eigenvalue weighted by atomic mass is 16.6. The van der Waals surface area contributed by atoms with Crippen LogP contribution in [-0.2, 0) is 6.61 Å². The first-order valence-corrected chi connectivity index (χ1v) is 11.7. The molecule has 1 aromatic heterocycles. The van der Waals surface area contributed by atoms with Gasteiger partial charge in [-0.2, -0.15) is 9.78 Å². The molecule has 0 saturated heterocycles. The lowest BCUT2D eigenvalue weighted by Crippen LogP contribution is -2.20. The summed E-state index contributed by atoms with van der Waals surface area (Å²) in [6, 6.07) is 26.0. The zero-order valence-electron chi connectivity index (χ0n) is 20.2. The minimum Gasteiger partial charge on any atom is -0.482 e. The lowest BCUT2D eigenvalue weighted by molar-refractivity contribution is -0.386. The summed E-state index contributed by atoms with van der Waals surface area (Å²) in [5, 5.41) is 27.3. The number of aromatic nitrogens is 2. The van der Waals surface area contributed by atoms with Crippen molar-refractivity contribution in [2.45, 2.75) is 6.61 Å². The lowest BCUT2D eigenvalue weighted by atomic mass is 10.2. The van der Waals surface area contributed by atoms with E-state index in [4.69, 9.17) is 4.74 Å². The summed E-state index contributed by atoms with van der Waals surface area (Å²) in [5.74, 6) is 0.345. The van der Waals surface area contributed by atoms with Gasteiger partial charge in [0.1, 0.15) is 6.61 Å². The van der Waals surface area contributed by atoms with Crippen molar-refractivity contribution in [3.8, 4) is 17.1 Å². The van der Waals surface area contributed by atoms with Crippen molar-refractivity contribution in [1.82, 2.24) is 9.66 Å². The summed E-state index contributed by atoms with van der Waals surface area (Å²) in [6.07, 6.45) is 1.34. The molecular weight excluding hydrogens is 502 g/mol. The van der Waals surface area contributed by atoms with E-state index in [-0.39, 0.29) is 29.3 Å². The van der Waals surface area contributed by atoms with Gasteiger partial charge in [0.05, 0.1) is 27.0 Å². The quantitative estimate of drug-likeness (QED) is 0.152. The maximum absolute atomic E-state index is 13.3. The second-order valence-electron chi connectivity index (χ2n) is 8.38. The van der Waals surface area contributed by atoms with Gasteiger partial charge in [0.15, 0.2) is 11.6 Å². The third-order valence-electron chi connectivity index (χ3n) is 5.83. The molecule has 0 aliphatic rings. The van der Waals surface area contributed by atoms with E-state index in [1.165, 1.54) is 47.3 Å². The van der Waals surface area contributed by atoms with Gasteiger partial charge in [0.2, 0.25) is 0 Å². The zero-order valence-corrected chi connectivity index (χ0v) is 20.2. The molecule has 5 aromatic rings. The first kappa shape index (κ1) is 25.0. The predicted molar refractivity (Wildman–Crippen MR) is 145 cm³/mol. The van der Waals surface area contributed by atoms with Gasteiger partial charge in [0.25, 0.3) is 11.2 Å². The number of hydrogen-bond acceptors (Lipinski definition) is 8. The SMILES string of the molecule is O=c1c2ccccc2nc(-c2ccccc2)n1N=Cc1ccc(OCc2ccc([N+](=O)[O-])cc2)c([N+](=O)[O-])c1. The van der Waals surface area contributed by atoms with Crippen LogP contribution in [0.3, 0.4) is 0 Å². The Hall–Kier alpha value is -5.71. The number of hydrogen-bond donors (Lipinski definition) is 0. The van der Waals surface area contributed by atoms with Crippen LogP contribution < -0.4 is 10.3 Å². The first-order chi connectivity index (χ1) is 18.9. The number of rotatable bonds is 8. The van der Waals surface area contributed by atoms with Crippen LogP contribution in [0.4, 0.5) is 11.4 Å². The molecule has 0 N–H and O–H groups in total. The number of nitro groups is 2. The smallest absolute Gasteiger partial charge is 0.311 e. The van der Waals surface area contributed by atoms with Crippen LogP contribution >= 0.6 is 0 Å². The standard InChI is InChI=1S/C28H19N5O6/c34-28-23-8-4-5-9-24(23)30-27(21-6-2-1-3-7-21)31(28)29-17-20-12-15-26(25(16-20)33(37)38)39-18-19-10-13-22(14-11-19)32(35)36/h1-17H,18H2. The van der Waals surface area contributed by atoms with Crippen LogP contribution in [0, 0.1) is 20.2 Å². The number of non-ortho nitro benzene ring substituents is 1. The van der Waals surface area contributed by atoms with Crippen molar-refractivity contribution in [3.63, 3.8) is 0 Å². The van der Waals surface area contributed by atoms with Gasteiger partial charge in [-0.25, -0.2) is 4.98 Å². The van der Waals surface area contributed by atoms with Gasteiger partial charge in [-0.05, 0) is 42.0 Å². The van der Waals surface area contributed by atoms with E-state index in [0.717, 1.165) is 0 Å². The molecule has 0 fully saturated rings. The van der Waals surface area contributed by atoms with Crippen molar-refractivity contribution >= 4 is 28.5 Å². The van der Waals surface area contributed by atoms with E-state index in [1.807, 2.05) is 30.3 Å². The molecule has 0 unspecified atom stereocenters. The number of ether oxygens (including phenoxy) is 1. The molecule has 0 saturated carbocycles. The molecule has 0 atom stereocenters. The normalized spacial score (nSPS) is 11.1. The second-order valence-corrected chi connectivity index (χ2v) is 8.38. The molecule has 0 aliphatic carbocycles. The Labute approximate surface area is 220 Å². The molecule has 11 heteroatoms. The number of nitro benzene ring substituents is 2. The summed E-state index contributed by atoms with van der Waals surface area (Å²) in [4.78, 5) is 39.4. The maximum atomic E-state index is 13.3. The highest BCUT2D eigenvalue weighted by Gasteiger charge is 2.17.